The van der Waals surface area contributed by atoms with Gasteiger partial charge in [-0.05, 0) is 43.3 Å². The van der Waals surface area contributed by atoms with E-state index in [-0.39, 0.29) is 16.2 Å². The molecule has 136 valence electrons. The fourth-order valence-electron chi connectivity index (χ4n) is 2.98. The van der Waals surface area contributed by atoms with Crippen LogP contribution in [0.25, 0.3) is 16.7 Å². The lowest BCUT2D eigenvalue weighted by atomic mass is 10.2. The number of pyridine rings is 2. The zero-order chi connectivity index (χ0) is 19.0. The molecule has 6 nitrogen and oxygen atoms in total. The lowest BCUT2D eigenvalue weighted by Gasteiger charge is -2.16. The van der Waals surface area contributed by atoms with Crippen molar-refractivity contribution in [1.29, 1.82) is 0 Å². The van der Waals surface area contributed by atoms with Gasteiger partial charge in [0.2, 0.25) is 9.84 Å². The predicted octanol–water partition coefficient (Wildman–Crippen LogP) is 3.26. The van der Waals surface area contributed by atoms with Crippen molar-refractivity contribution in [2.24, 2.45) is 0 Å². The maximum Gasteiger partial charge on any atom is 0.201 e. The summed E-state index contributed by atoms with van der Waals surface area (Å²) >= 11 is 0. The van der Waals surface area contributed by atoms with Crippen molar-refractivity contribution in [2.45, 2.75) is 17.7 Å². The van der Waals surface area contributed by atoms with Gasteiger partial charge in [-0.1, -0.05) is 18.2 Å². The molecule has 7 heteroatoms. The SMILES string of the molecule is Cc1ccc2c(=O)cc(S(=O)(=O)Cc3ccco3)n(-c3ccccc3)c2n1. The molecule has 0 aliphatic heterocycles. The number of rotatable bonds is 4. The minimum absolute atomic E-state index is 0.110. The van der Waals surface area contributed by atoms with E-state index in [0.717, 1.165) is 6.07 Å². The molecule has 0 aliphatic carbocycles. The van der Waals surface area contributed by atoms with Gasteiger partial charge < -0.3 is 4.42 Å². The smallest absolute Gasteiger partial charge is 0.201 e. The molecule has 0 saturated heterocycles. The first kappa shape index (κ1) is 17.2. The van der Waals surface area contributed by atoms with Crippen molar-refractivity contribution in [3.05, 3.63) is 88.6 Å². The lowest BCUT2D eigenvalue weighted by molar-refractivity contribution is 0.519. The summed E-state index contributed by atoms with van der Waals surface area (Å²) in [6, 6.07) is 16.8. The molecule has 27 heavy (non-hydrogen) atoms. The van der Waals surface area contributed by atoms with Gasteiger partial charge in [-0.25, -0.2) is 13.4 Å². The van der Waals surface area contributed by atoms with Crippen LogP contribution in [0.4, 0.5) is 0 Å². The zero-order valence-electron chi connectivity index (χ0n) is 14.5. The molecule has 4 rings (SSSR count). The highest BCUT2D eigenvalue weighted by molar-refractivity contribution is 7.90. The van der Waals surface area contributed by atoms with E-state index in [1.165, 1.54) is 10.8 Å². The molecule has 3 aromatic heterocycles. The number of aryl methyl sites for hydroxylation is 1. The van der Waals surface area contributed by atoms with Gasteiger partial charge in [0, 0.05) is 17.4 Å². The Morgan fingerprint density at radius 2 is 1.81 bits per heavy atom. The molecule has 0 fully saturated rings. The number of fused-ring (bicyclic) bond motifs is 1. The monoisotopic (exact) mass is 380 g/mol. The molecular formula is C20H16N2O4S. The van der Waals surface area contributed by atoms with E-state index in [1.807, 2.05) is 6.07 Å². The van der Waals surface area contributed by atoms with Crippen LogP contribution in [0.15, 0.2) is 81.2 Å². The van der Waals surface area contributed by atoms with E-state index in [1.54, 1.807) is 55.5 Å². The molecule has 0 aliphatic rings. The van der Waals surface area contributed by atoms with Crippen LogP contribution in [0.3, 0.4) is 0 Å². The van der Waals surface area contributed by atoms with E-state index >= 15 is 0 Å². The van der Waals surface area contributed by atoms with Gasteiger partial charge in [0.05, 0.1) is 11.6 Å². The average Bonchev–Trinajstić information content (AvgIpc) is 3.14. The third kappa shape index (κ3) is 3.17. The zero-order valence-corrected chi connectivity index (χ0v) is 15.3. The van der Waals surface area contributed by atoms with Crippen LogP contribution in [0.5, 0.6) is 0 Å². The summed E-state index contributed by atoms with van der Waals surface area (Å²) in [5, 5.41) is 0.252. The molecule has 0 spiro atoms. The Morgan fingerprint density at radius 3 is 2.52 bits per heavy atom. The summed E-state index contributed by atoms with van der Waals surface area (Å²) < 4.78 is 33.0. The van der Waals surface area contributed by atoms with Gasteiger partial charge >= 0.3 is 0 Å². The topological polar surface area (TPSA) is 82.2 Å². The maximum atomic E-state index is 13.1. The minimum Gasteiger partial charge on any atom is -0.468 e. The minimum atomic E-state index is -3.86. The molecule has 0 saturated carbocycles. The first-order valence-electron chi connectivity index (χ1n) is 8.30. The number of sulfone groups is 1. The largest absolute Gasteiger partial charge is 0.468 e. The summed E-state index contributed by atoms with van der Waals surface area (Å²) in [6.45, 7) is 1.79. The molecular weight excluding hydrogens is 364 g/mol. The fourth-order valence-corrected chi connectivity index (χ4v) is 4.42. The van der Waals surface area contributed by atoms with Gasteiger partial charge in [-0.15, -0.1) is 0 Å². The van der Waals surface area contributed by atoms with Gasteiger partial charge in [0.1, 0.15) is 22.2 Å². The number of furan rings is 1. The quantitative estimate of drug-likeness (QED) is 0.543. The normalized spacial score (nSPS) is 11.7. The van der Waals surface area contributed by atoms with Crippen molar-refractivity contribution in [3.63, 3.8) is 0 Å². The Hall–Kier alpha value is -3.19. The predicted molar refractivity (Wildman–Crippen MR) is 102 cm³/mol. The number of aromatic nitrogens is 2. The maximum absolute atomic E-state index is 13.1. The Labute approximate surface area is 155 Å². The molecule has 4 aromatic rings. The Bertz CT molecular complexity index is 1280. The highest BCUT2D eigenvalue weighted by Crippen LogP contribution is 2.24. The number of para-hydroxylation sites is 1. The number of nitrogens with zero attached hydrogens (tertiary/aromatic N) is 2. The summed E-state index contributed by atoms with van der Waals surface area (Å²) in [5.74, 6) is -0.0387. The Balaban J connectivity index is 2.07. The molecule has 3 heterocycles. The van der Waals surface area contributed by atoms with Crippen LogP contribution in [0, 0.1) is 6.92 Å². The number of benzene rings is 1. The highest BCUT2D eigenvalue weighted by Gasteiger charge is 2.24. The van der Waals surface area contributed by atoms with Crippen molar-refractivity contribution >= 4 is 20.9 Å². The van der Waals surface area contributed by atoms with Gasteiger partial charge in [-0.3, -0.25) is 9.36 Å². The summed E-state index contributed by atoms with van der Waals surface area (Å²) in [6.07, 6.45) is 1.42. The van der Waals surface area contributed by atoms with Crippen molar-refractivity contribution in [2.75, 3.05) is 0 Å². The van der Waals surface area contributed by atoms with E-state index in [9.17, 15) is 13.2 Å². The Morgan fingerprint density at radius 1 is 1.04 bits per heavy atom. The molecule has 0 atom stereocenters. The van der Waals surface area contributed by atoms with Crippen LogP contribution >= 0.6 is 0 Å². The van der Waals surface area contributed by atoms with Crippen LogP contribution < -0.4 is 5.43 Å². The second-order valence-electron chi connectivity index (χ2n) is 6.18. The number of hydrogen-bond donors (Lipinski definition) is 0. The molecule has 0 N–H and O–H groups in total. The van der Waals surface area contributed by atoms with Gasteiger partial charge in [0.15, 0.2) is 5.43 Å². The standard InChI is InChI=1S/C20H16N2O4S/c1-14-9-10-17-18(23)12-19(27(24,25)13-16-8-5-11-26-16)22(20(17)21-14)15-6-3-2-4-7-15/h2-12H,13H2,1H3. The van der Waals surface area contributed by atoms with Gasteiger partial charge in [0.25, 0.3) is 0 Å². The van der Waals surface area contributed by atoms with E-state index in [2.05, 4.69) is 4.98 Å². The summed E-state index contributed by atoms with van der Waals surface area (Å²) in [4.78, 5) is 17.1. The molecule has 0 amide bonds. The fraction of sp³-hybridized carbons (Fsp3) is 0.100. The third-order valence-electron chi connectivity index (χ3n) is 4.21. The van der Waals surface area contributed by atoms with E-state index in [4.69, 9.17) is 4.42 Å². The van der Waals surface area contributed by atoms with Crippen LogP contribution in [-0.4, -0.2) is 18.0 Å². The lowest BCUT2D eigenvalue weighted by Crippen LogP contribution is -2.19. The summed E-state index contributed by atoms with van der Waals surface area (Å²) in [5.41, 5.74) is 1.22. The average molecular weight is 380 g/mol. The number of hydrogen-bond acceptors (Lipinski definition) is 5. The molecule has 0 bridgehead atoms. The molecule has 0 radical (unpaired) electrons. The Kier molecular flexibility index (Phi) is 4.16. The summed E-state index contributed by atoms with van der Waals surface area (Å²) in [7, 11) is -3.86. The van der Waals surface area contributed by atoms with Crippen LogP contribution in [-0.2, 0) is 15.6 Å². The van der Waals surface area contributed by atoms with E-state index < -0.39 is 9.84 Å². The van der Waals surface area contributed by atoms with Crippen molar-refractivity contribution in [3.8, 4) is 5.69 Å². The van der Waals surface area contributed by atoms with E-state index in [0.29, 0.717) is 28.2 Å². The highest BCUT2D eigenvalue weighted by atomic mass is 32.2. The molecule has 0 unspecified atom stereocenters. The second-order valence-corrected chi connectivity index (χ2v) is 8.12. The first-order valence-corrected chi connectivity index (χ1v) is 9.95. The van der Waals surface area contributed by atoms with Crippen LogP contribution in [0.1, 0.15) is 11.5 Å². The third-order valence-corrected chi connectivity index (χ3v) is 5.81. The van der Waals surface area contributed by atoms with Crippen molar-refractivity contribution < 1.29 is 12.8 Å². The molecule has 1 aromatic carbocycles. The van der Waals surface area contributed by atoms with Crippen LogP contribution in [0.2, 0.25) is 0 Å². The first-order chi connectivity index (χ1) is 13.0. The second kappa shape index (κ2) is 6.51. The van der Waals surface area contributed by atoms with Crippen molar-refractivity contribution in [1.82, 2.24) is 9.55 Å². The van der Waals surface area contributed by atoms with Gasteiger partial charge in [-0.2, -0.15) is 0 Å².